The van der Waals surface area contributed by atoms with Crippen LogP contribution in [0.3, 0.4) is 0 Å². The minimum atomic E-state index is -1.06. The van der Waals surface area contributed by atoms with Crippen molar-refractivity contribution in [2.45, 2.75) is 77.2 Å². The van der Waals surface area contributed by atoms with Crippen LogP contribution in [0.5, 0.6) is 0 Å². The normalized spacial score (nSPS) is 22.4. The molecule has 0 spiro atoms. The Bertz CT molecular complexity index is 257. The SMILES string of the molecule is CC(CCC1CCCCC1)CCC(C)(N)C(=O)O. The maximum absolute atomic E-state index is 10.9. The van der Waals surface area contributed by atoms with Crippen molar-refractivity contribution >= 4 is 5.97 Å². The Labute approximate surface area is 111 Å². The highest BCUT2D eigenvalue weighted by Gasteiger charge is 2.28. The lowest BCUT2D eigenvalue weighted by molar-refractivity contribution is -0.143. The van der Waals surface area contributed by atoms with Crippen LogP contribution in [0.25, 0.3) is 0 Å². The van der Waals surface area contributed by atoms with Crippen LogP contribution < -0.4 is 5.73 Å². The van der Waals surface area contributed by atoms with Crippen molar-refractivity contribution in [3.05, 3.63) is 0 Å². The summed E-state index contributed by atoms with van der Waals surface area (Å²) in [6.07, 6.45) is 11.1. The van der Waals surface area contributed by atoms with Crippen LogP contribution in [-0.2, 0) is 4.79 Å². The number of aliphatic carboxylic acids is 1. The predicted molar refractivity (Wildman–Crippen MR) is 74.4 cm³/mol. The van der Waals surface area contributed by atoms with Gasteiger partial charge in [-0.25, -0.2) is 0 Å². The Morgan fingerprint density at radius 2 is 1.94 bits per heavy atom. The van der Waals surface area contributed by atoms with E-state index in [1.807, 2.05) is 0 Å². The zero-order valence-corrected chi connectivity index (χ0v) is 12.0. The first-order valence-electron chi connectivity index (χ1n) is 7.44. The minimum absolute atomic E-state index is 0.578. The molecule has 0 amide bonds. The van der Waals surface area contributed by atoms with Gasteiger partial charge in [-0.3, -0.25) is 4.79 Å². The standard InChI is InChI=1S/C15H29NO2/c1-12(10-11-15(2,16)14(17)18)8-9-13-6-4-3-5-7-13/h12-13H,3-11,16H2,1-2H3,(H,17,18). The third kappa shape index (κ3) is 5.38. The highest BCUT2D eigenvalue weighted by molar-refractivity contribution is 5.77. The summed E-state index contributed by atoms with van der Waals surface area (Å²) < 4.78 is 0. The zero-order valence-electron chi connectivity index (χ0n) is 12.0. The molecular formula is C15H29NO2. The van der Waals surface area contributed by atoms with Crippen molar-refractivity contribution in [1.29, 1.82) is 0 Å². The first-order valence-corrected chi connectivity index (χ1v) is 7.44. The number of carboxylic acids is 1. The van der Waals surface area contributed by atoms with Gasteiger partial charge in [-0.1, -0.05) is 51.9 Å². The van der Waals surface area contributed by atoms with Gasteiger partial charge in [0.2, 0.25) is 0 Å². The van der Waals surface area contributed by atoms with E-state index in [-0.39, 0.29) is 0 Å². The summed E-state index contributed by atoms with van der Waals surface area (Å²) in [7, 11) is 0. The summed E-state index contributed by atoms with van der Waals surface area (Å²) in [6, 6.07) is 0. The molecule has 0 aromatic rings. The topological polar surface area (TPSA) is 63.3 Å². The molecule has 18 heavy (non-hydrogen) atoms. The van der Waals surface area contributed by atoms with Gasteiger partial charge in [-0.05, 0) is 31.6 Å². The first kappa shape index (κ1) is 15.5. The molecule has 1 saturated carbocycles. The maximum Gasteiger partial charge on any atom is 0.323 e. The van der Waals surface area contributed by atoms with E-state index < -0.39 is 11.5 Å². The van der Waals surface area contributed by atoms with E-state index in [9.17, 15) is 4.79 Å². The van der Waals surface area contributed by atoms with Gasteiger partial charge in [0.15, 0.2) is 0 Å². The number of hydrogen-bond donors (Lipinski definition) is 2. The van der Waals surface area contributed by atoms with Crippen LogP contribution >= 0.6 is 0 Å². The van der Waals surface area contributed by atoms with Crippen molar-refractivity contribution in [1.82, 2.24) is 0 Å². The number of carboxylic acid groups (broad SMARTS) is 1. The lowest BCUT2D eigenvalue weighted by atomic mass is 9.83. The lowest BCUT2D eigenvalue weighted by Crippen LogP contribution is -2.44. The van der Waals surface area contributed by atoms with E-state index >= 15 is 0 Å². The second kappa shape index (κ2) is 7.13. The smallest absolute Gasteiger partial charge is 0.323 e. The molecule has 3 nitrogen and oxygen atoms in total. The molecule has 1 aliphatic carbocycles. The molecule has 0 aromatic carbocycles. The summed E-state index contributed by atoms with van der Waals surface area (Å²) >= 11 is 0. The zero-order chi connectivity index (χ0) is 13.6. The van der Waals surface area contributed by atoms with Gasteiger partial charge in [0, 0.05) is 0 Å². The van der Waals surface area contributed by atoms with Gasteiger partial charge in [-0.2, -0.15) is 0 Å². The summed E-state index contributed by atoms with van der Waals surface area (Å²) in [5.74, 6) is 0.626. The summed E-state index contributed by atoms with van der Waals surface area (Å²) in [6.45, 7) is 3.84. The molecule has 0 aliphatic heterocycles. The maximum atomic E-state index is 10.9. The van der Waals surface area contributed by atoms with Crippen molar-refractivity contribution in [3.63, 3.8) is 0 Å². The van der Waals surface area contributed by atoms with Gasteiger partial charge in [0.25, 0.3) is 0 Å². The van der Waals surface area contributed by atoms with Crippen LogP contribution in [0.4, 0.5) is 0 Å². The van der Waals surface area contributed by atoms with E-state index in [2.05, 4.69) is 6.92 Å². The molecule has 1 fully saturated rings. The molecule has 2 unspecified atom stereocenters. The molecule has 2 atom stereocenters. The first-order chi connectivity index (χ1) is 8.42. The molecule has 0 heterocycles. The van der Waals surface area contributed by atoms with Crippen LogP contribution in [0.15, 0.2) is 0 Å². The Kier molecular flexibility index (Phi) is 6.13. The summed E-state index contributed by atoms with van der Waals surface area (Å²) in [4.78, 5) is 10.9. The van der Waals surface area contributed by atoms with Crippen molar-refractivity contribution in [3.8, 4) is 0 Å². The third-order valence-electron chi connectivity index (χ3n) is 4.44. The van der Waals surface area contributed by atoms with E-state index in [1.54, 1.807) is 6.92 Å². The minimum Gasteiger partial charge on any atom is -0.480 e. The highest BCUT2D eigenvalue weighted by Crippen LogP contribution is 2.29. The summed E-state index contributed by atoms with van der Waals surface area (Å²) in [5.41, 5.74) is 4.69. The number of carbonyl (C=O) groups is 1. The fourth-order valence-electron chi connectivity index (χ4n) is 2.79. The average molecular weight is 255 g/mol. The van der Waals surface area contributed by atoms with Crippen molar-refractivity contribution in [2.24, 2.45) is 17.6 Å². The molecular weight excluding hydrogens is 226 g/mol. The molecule has 3 N–H and O–H groups in total. The number of rotatable bonds is 7. The quantitative estimate of drug-likeness (QED) is 0.731. The van der Waals surface area contributed by atoms with E-state index in [4.69, 9.17) is 10.8 Å². The monoisotopic (exact) mass is 255 g/mol. The van der Waals surface area contributed by atoms with Gasteiger partial charge < -0.3 is 10.8 Å². The Morgan fingerprint density at radius 3 is 2.50 bits per heavy atom. The van der Waals surface area contributed by atoms with E-state index in [1.165, 1.54) is 44.9 Å². The number of hydrogen-bond acceptors (Lipinski definition) is 2. The Morgan fingerprint density at radius 1 is 1.33 bits per heavy atom. The second-order valence-electron chi connectivity index (χ2n) is 6.45. The Balaban J connectivity index is 2.17. The molecule has 0 bridgehead atoms. The van der Waals surface area contributed by atoms with Gasteiger partial charge in [-0.15, -0.1) is 0 Å². The molecule has 0 radical (unpaired) electrons. The van der Waals surface area contributed by atoms with Crippen LogP contribution in [0.1, 0.15) is 71.6 Å². The fourth-order valence-corrected chi connectivity index (χ4v) is 2.79. The molecule has 1 rings (SSSR count). The molecule has 3 heteroatoms. The second-order valence-corrected chi connectivity index (χ2v) is 6.45. The molecule has 106 valence electrons. The van der Waals surface area contributed by atoms with Crippen molar-refractivity contribution < 1.29 is 9.90 Å². The Hall–Kier alpha value is -0.570. The number of nitrogens with two attached hydrogens (primary N) is 1. The van der Waals surface area contributed by atoms with Crippen LogP contribution in [0.2, 0.25) is 0 Å². The van der Waals surface area contributed by atoms with E-state index in [0.29, 0.717) is 12.3 Å². The largest absolute Gasteiger partial charge is 0.480 e. The molecule has 0 saturated heterocycles. The fraction of sp³-hybridized carbons (Fsp3) is 0.933. The molecule has 0 aromatic heterocycles. The molecule has 1 aliphatic rings. The van der Waals surface area contributed by atoms with Gasteiger partial charge >= 0.3 is 5.97 Å². The third-order valence-corrected chi connectivity index (χ3v) is 4.44. The highest BCUT2D eigenvalue weighted by atomic mass is 16.4. The van der Waals surface area contributed by atoms with Gasteiger partial charge in [0.05, 0.1) is 0 Å². The van der Waals surface area contributed by atoms with Crippen molar-refractivity contribution in [2.75, 3.05) is 0 Å². The van der Waals surface area contributed by atoms with E-state index in [0.717, 1.165) is 12.3 Å². The van der Waals surface area contributed by atoms with Gasteiger partial charge in [0.1, 0.15) is 5.54 Å². The predicted octanol–water partition coefficient (Wildman–Crippen LogP) is 3.57. The van der Waals surface area contributed by atoms with Crippen LogP contribution in [0, 0.1) is 11.8 Å². The van der Waals surface area contributed by atoms with Crippen LogP contribution in [-0.4, -0.2) is 16.6 Å². The lowest BCUT2D eigenvalue weighted by Gasteiger charge is -2.24. The average Bonchev–Trinajstić information content (AvgIpc) is 2.35. The summed E-state index contributed by atoms with van der Waals surface area (Å²) in [5, 5.41) is 8.96.